The molecule has 72 valence electrons. The van der Waals surface area contributed by atoms with E-state index in [4.69, 9.17) is 0 Å². The monoisotopic (exact) mass is 187 g/mol. The van der Waals surface area contributed by atoms with E-state index < -0.39 is 0 Å². The number of rotatable bonds is 6. The zero-order chi connectivity index (χ0) is 9.03. The fourth-order valence-corrected chi connectivity index (χ4v) is 2.25. The average molecular weight is 187 g/mol. The summed E-state index contributed by atoms with van der Waals surface area (Å²) in [5, 5.41) is 0. The molecule has 1 atom stereocenters. The molecule has 0 aromatic rings. The van der Waals surface area contributed by atoms with Gasteiger partial charge in [0.2, 0.25) is 0 Å². The van der Waals surface area contributed by atoms with Gasteiger partial charge in [0, 0.05) is 5.75 Å². The largest absolute Gasteiger partial charge is 0.288 e. The molecule has 2 heteroatoms. The first-order valence-corrected chi connectivity index (χ1v) is 6.10. The van der Waals surface area contributed by atoms with Gasteiger partial charge in [0.25, 0.3) is 0 Å². The molecule has 0 aromatic heterocycles. The van der Waals surface area contributed by atoms with Gasteiger partial charge in [-0.1, -0.05) is 20.3 Å². The van der Waals surface area contributed by atoms with Crippen LogP contribution >= 0.6 is 11.8 Å². The van der Waals surface area contributed by atoms with Gasteiger partial charge in [-0.05, 0) is 32.9 Å². The van der Waals surface area contributed by atoms with Crippen molar-refractivity contribution in [2.45, 2.75) is 44.9 Å². The molecule has 0 amide bonds. The van der Waals surface area contributed by atoms with E-state index >= 15 is 0 Å². The molecular formula is C10H21NS. The molecule has 12 heavy (non-hydrogen) atoms. The van der Waals surface area contributed by atoms with Crippen molar-refractivity contribution in [3.63, 3.8) is 0 Å². The van der Waals surface area contributed by atoms with E-state index in [2.05, 4.69) is 37.4 Å². The van der Waals surface area contributed by atoms with Crippen LogP contribution in [0.5, 0.6) is 0 Å². The Morgan fingerprint density at radius 3 is 2.33 bits per heavy atom. The van der Waals surface area contributed by atoms with Crippen molar-refractivity contribution in [3.05, 3.63) is 0 Å². The lowest BCUT2D eigenvalue weighted by Crippen LogP contribution is -2.36. The first-order valence-electron chi connectivity index (χ1n) is 5.12. The van der Waals surface area contributed by atoms with Gasteiger partial charge in [0.15, 0.2) is 0 Å². The summed E-state index contributed by atoms with van der Waals surface area (Å²) in [7, 11) is 0. The predicted octanol–water partition coefficient (Wildman–Crippen LogP) is 2.96. The lowest BCUT2D eigenvalue weighted by atomic mass is 10.2. The van der Waals surface area contributed by atoms with Crippen LogP contribution in [0, 0.1) is 0 Å². The second kappa shape index (κ2) is 4.52. The van der Waals surface area contributed by atoms with E-state index in [-0.39, 0.29) is 0 Å². The van der Waals surface area contributed by atoms with Crippen molar-refractivity contribution in [1.82, 2.24) is 4.90 Å². The van der Waals surface area contributed by atoms with Crippen molar-refractivity contribution >= 4 is 11.8 Å². The second-order valence-corrected chi connectivity index (χ2v) is 5.26. The zero-order valence-corrected chi connectivity index (χ0v) is 9.41. The molecule has 0 aromatic carbocycles. The Morgan fingerprint density at radius 2 is 1.92 bits per heavy atom. The molecule has 1 heterocycles. The van der Waals surface area contributed by atoms with Crippen LogP contribution in [-0.4, -0.2) is 28.6 Å². The quantitative estimate of drug-likeness (QED) is 0.588. The van der Waals surface area contributed by atoms with Gasteiger partial charge in [0.1, 0.15) is 0 Å². The smallest absolute Gasteiger partial charge is 0.0734 e. The number of hydrogen-bond acceptors (Lipinski definition) is 2. The van der Waals surface area contributed by atoms with E-state index in [9.17, 15) is 0 Å². The van der Waals surface area contributed by atoms with Crippen molar-refractivity contribution in [1.29, 1.82) is 0 Å². The van der Waals surface area contributed by atoms with Crippen LogP contribution < -0.4 is 0 Å². The second-order valence-electron chi connectivity index (χ2n) is 3.80. The van der Waals surface area contributed by atoms with E-state index in [1.807, 2.05) is 0 Å². The average Bonchev–Trinajstić information content (AvgIpc) is 2.78. The molecule has 1 aliphatic rings. The van der Waals surface area contributed by atoms with E-state index in [0.29, 0.717) is 4.87 Å². The fourth-order valence-electron chi connectivity index (χ4n) is 1.49. The molecular weight excluding hydrogens is 166 g/mol. The summed E-state index contributed by atoms with van der Waals surface area (Å²) in [6.45, 7) is 9.50. The number of nitrogens with zero attached hydrogens (tertiary/aromatic N) is 1. The van der Waals surface area contributed by atoms with Gasteiger partial charge < -0.3 is 0 Å². The molecule has 0 spiro atoms. The molecule has 1 aliphatic heterocycles. The standard InChI is InChI=1S/C10H21NS/c1-4-6-8-11(7-5-2)10(3)9-12-10/h4-9H2,1-3H3. The number of hydrogen-bond donors (Lipinski definition) is 0. The van der Waals surface area contributed by atoms with Crippen LogP contribution in [0.15, 0.2) is 0 Å². The summed E-state index contributed by atoms with van der Waals surface area (Å²) in [6, 6.07) is 0. The van der Waals surface area contributed by atoms with Crippen LogP contribution in [0.4, 0.5) is 0 Å². The van der Waals surface area contributed by atoms with E-state index in [1.54, 1.807) is 0 Å². The van der Waals surface area contributed by atoms with E-state index in [0.717, 1.165) is 0 Å². The first-order chi connectivity index (χ1) is 5.73. The highest BCUT2D eigenvalue weighted by molar-refractivity contribution is 8.07. The Kier molecular flexibility index (Phi) is 3.91. The molecule has 1 rings (SSSR count). The van der Waals surface area contributed by atoms with Gasteiger partial charge >= 0.3 is 0 Å². The summed E-state index contributed by atoms with van der Waals surface area (Å²) in [5.41, 5.74) is 0. The van der Waals surface area contributed by atoms with Crippen LogP contribution in [0.25, 0.3) is 0 Å². The van der Waals surface area contributed by atoms with Crippen molar-refractivity contribution < 1.29 is 0 Å². The lowest BCUT2D eigenvalue weighted by molar-refractivity contribution is 0.217. The molecule has 1 nitrogen and oxygen atoms in total. The summed E-state index contributed by atoms with van der Waals surface area (Å²) < 4.78 is 0. The summed E-state index contributed by atoms with van der Waals surface area (Å²) in [6.07, 6.45) is 3.97. The highest BCUT2D eigenvalue weighted by Gasteiger charge is 2.43. The third-order valence-electron chi connectivity index (χ3n) is 2.51. The molecule has 0 aliphatic carbocycles. The number of unbranched alkanes of at least 4 members (excludes halogenated alkanes) is 1. The zero-order valence-electron chi connectivity index (χ0n) is 8.60. The van der Waals surface area contributed by atoms with Crippen LogP contribution in [-0.2, 0) is 0 Å². The molecule has 0 N–H and O–H groups in total. The third kappa shape index (κ3) is 2.67. The topological polar surface area (TPSA) is 3.24 Å². The first kappa shape index (κ1) is 10.4. The Balaban J connectivity index is 2.28. The van der Waals surface area contributed by atoms with Crippen molar-refractivity contribution in [3.8, 4) is 0 Å². The maximum atomic E-state index is 2.65. The lowest BCUT2D eigenvalue weighted by Gasteiger charge is -2.27. The van der Waals surface area contributed by atoms with Gasteiger partial charge in [0.05, 0.1) is 4.87 Å². The molecule has 0 saturated carbocycles. The van der Waals surface area contributed by atoms with Gasteiger partial charge in [-0.15, -0.1) is 11.8 Å². The van der Waals surface area contributed by atoms with Gasteiger partial charge in [-0.3, -0.25) is 4.90 Å². The summed E-state index contributed by atoms with van der Waals surface area (Å²) in [5.74, 6) is 1.34. The Hall–Kier alpha value is 0.310. The summed E-state index contributed by atoms with van der Waals surface area (Å²) in [4.78, 5) is 3.17. The maximum absolute atomic E-state index is 2.65. The fraction of sp³-hybridized carbons (Fsp3) is 1.00. The minimum atomic E-state index is 0.519. The van der Waals surface area contributed by atoms with Crippen LogP contribution in [0.1, 0.15) is 40.0 Å². The SMILES string of the molecule is CCCCN(CCC)C1(C)CS1. The predicted molar refractivity (Wildman–Crippen MR) is 57.6 cm³/mol. The Labute approximate surface area is 80.9 Å². The van der Waals surface area contributed by atoms with Crippen LogP contribution in [0.3, 0.4) is 0 Å². The normalized spacial score (nSPS) is 28.0. The van der Waals surface area contributed by atoms with Crippen molar-refractivity contribution in [2.75, 3.05) is 18.8 Å². The van der Waals surface area contributed by atoms with Crippen molar-refractivity contribution in [2.24, 2.45) is 0 Å². The molecule has 1 fully saturated rings. The minimum absolute atomic E-state index is 0.519. The summed E-state index contributed by atoms with van der Waals surface area (Å²) >= 11 is 2.10. The molecule has 0 bridgehead atoms. The van der Waals surface area contributed by atoms with Crippen LogP contribution in [0.2, 0.25) is 0 Å². The Morgan fingerprint density at radius 1 is 1.25 bits per heavy atom. The molecule has 0 radical (unpaired) electrons. The van der Waals surface area contributed by atoms with Gasteiger partial charge in [-0.2, -0.15) is 0 Å². The number of thioether (sulfide) groups is 1. The van der Waals surface area contributed by atoms with E-state index in [1.165, 1.54) is 38.1 Å². The molecule has 1 unspecified atom stereocenters. The Bertz CT molecular complexity index is 132. The minimum Gasteiger partial charge on any atom is -0.288 e. The van der Waals surface area contributed by atoms with Gasteiger partial charge in [-0.25, -0.2) is 0 Å². The molecule has 1 saturated heterocycles. The maximum Gasteiger partial charge on any atom is 0.0734 e. The highest BCUT2D eigenvalue weighted by atomic mass is 32.2. The third-order valence-corrected chi connectivity index (χ3v) is 3.89. The highest BCUT2D eigenvalue weighted by Crippen LogP contribution is 2.46.